The molecule has 4 aromatic carbocycles. The van der Waals surface area contributed by atoms with Gasteiger partial charge in [-0.15, -0.1) is 0 Å². The van der Waals surface area contributed by atoms with E-state index in [2.05, 4.69) is 80.6 Å². The van der Waals surface area contributed by atoms with Gasteiger partial charge in [-0.3, -0.25) is 0 Å². The number of allylic oxidation sites excluding steroid dienone is 8. The van der Waals surface area contributed by atoms with Gasteiger partial charge in [0.25, 0.3) is 0 Å². The van der Waals surface area contributed by atoms with Crippen molar-refractivity contribution >= 4 is 27.5 Å². The summed E-state index contributed by atoms with van der Waals surface area (Å²) in [4.78, 5) is 0. The lowest BCUT2D eigenvalue weighted by Crippen LogP contribution is -2.11. The number of aliphatic hydroxyl groups excluding tert-OH is 2. The van der Waals surface area contributed by atoms with Crippen molar-refractivity contribution in [2.75, 3.05) is 0 Å². The van der Waals surface area contributed by atoms with Gasteiger partial charge in [0.15, 0.2) is 0 Å². The fourth-order valence-electron chi connectivity index (χ4n) is 6.11. The minimum atomic E-state index is -0.0605. The molecule has 2 aliphatic carbocycles. The summed E-state index contributed by atoms with van der Waals surface area (Å²) in [6, 6.07) is 33.5. The van der Waals surface area contributed by atoms with E-state index in [4.69, 9.17) is 0 Å². The second-order valence-corrected chi connectivity index (χ2v) is 10.5. The molecule has 38 heavy (non-hydrogen) atoms. The van der Waals surface area contributed by atoms with Gasteiger partial charge in [-0.05, 0) is 81.2 Å². The number of fused-ring (bicyclic) bond motifs is 1. The quantitative estimate of drug-likeness (QED) is 0.295. The molecule has 0 bridgehead atoms. The first-order chi connectivity index (χ1) is 18.5. The Kier molecular flexibility index (Phi) is 6.25. The highest BCUT2D eigenvalue weighted by Crippen LogP contribution is 2.45. The third-order valence-corrected chi connectivity index (χ3v) is 8.07. The molecule has 4 aromatic rings. The normalized spacial score (nSPS) is 19.9. The topological polar surface area (TPSA) is 40.5 Å². The van der Waals surface area contributed by atoms with Crippen LogP contribution >= 0.6 is 0 Å². The van der Waals surface area contributed by atoms with Gasteiger partial charge in [0.05, 0.1) is 0 Å². The van der Waals surface area contributed by atoms with Crippen molar-refractivity contribution in [2.45, 2.75) is 32.6 Å². The maximum Gasteiger partial charge on any atom is 0.101 e. The summed E-state index contributed by atoms with van der Waals surface area (Å²) in [5.74, 6) is 0.998. The van der Waals surface area contributed by atoms with Crippen LogP contribution in [0.3, 0.4) is 0 Å². The van der Waals surface area contributed by atoms with Gasteiger partial charge in [0, 0.05) is 17.9 Å². The van der Waals surface area contributed by atoms with Crippen LogP contribution in [-0.4, -0.2) is 10.2 Å². The van der Waals surface area contributed by atoms with E-state index in [-0.39, 0.29) is 11.8 Å². The van der Waals surface area contributed by atoms with Crippen molar-refractivity contribution in [1.82, 2.24) is 0 Å². The monoisotopic (exact) mass is 496 g/mol. The van der Waals surface area contributed by atoms with Crippen LogP contribution in [0.25, 0.3) is 27.5 Å². The Labute approximate surface area is 224 Å². The van der Waals surface area contributed by atoms with Gasteiger partial charge in [-0.25, -0.2) is 0 Å². The maximum atomic E-state index is 10.9. The number of hydrogen-bond donors (Lipinski definition) is 2. The first-order valence-corrected chi connectivity index (χ1v) is 13.4. The fourth-order valence-corrected chi connectivity index (χ4v) is 6.11. The van der Waals surface area contributed by atoms with Crippen LogP contribution in [0.4, 0.5) is 0 Å². The molecule has 1 unspecified atom stereocenters. The summed E-state index contributed by atoms with van der Waals surface area (Å²) in [6.07, 6.45) is 5.49. The minimum Gasteiger partial charge on any atom is -0.512 e. The molecule has 2 atom stereocenters. The molecule has 0 spiro atoms. The summed E-state index contributed by atoms with van der Waals surface area (Å²) in [5.41, 5.74) is 9.10. The van der Waals surface area contributed by atoms with Crippen molar-refractivity contribution in [3.05, 3.63) is 149 Å². The van der Waals surface area contributed by atoms with Crippen LogP contribution in [-0.2, 0) is 0 Å². The van der Waals surface area contributed by atoms with Gasteiger partial charge < -0.3 is 10.2 Å². The molecule has 0 aromatic heterocycles. The van der Waals surface area contributed by atoms with E-state index in [0.717, 1.165) is 28.7 Å². The van der Waals surface area contributed by atoms with Gasteiger partial charge in [-0.2, -0.15) is 0 Å². The molecule has 2 N–H and O–H groups in total. The summed E-state index contributed by atoms with van der Waals surface area (Å²) < 4.78 is 0. The van der Waals surface area contributed by atoms with Crippen LogP contribution in [0.1, 0.15) is 54.9 Å². The number of benzene rings is 4. The van der Waals surface area contributed by atoms with E-state index >= 15 is 0 Å². The van der Waals surface area contributed by atoms with Crippen molar-refractivity contribution < 1.29 is 10.2 Å². The van der Waals surface area contributed by atoms with Gasteiger partial charge >= 0.3 is 0 Å². The molecule has 0 saturated heterocycles. The Balaban J connectivity index is 1.52. The van der Waals surface area contributed by atoms with Crippen LogP contribution < -0.4 is 0 Å². The Morgan fingerprint density at radius 2 is 1.34 bits per heavy atom. The van der Waals surface area contributed by atoms with Crippen LogP contribution in [0, 0.1) is 5.92 Å². The molecule has 188 valence electrons. The molecule has 6 rings (SSSR count). The Morgan fingerprint density at radius 3 is 2.05 bits per heavy atom. The van der Waals surface area contributed by atoms with Crippen LogP contribution in [0.5, 0.6) is 0 Å². The summed E-state index contributed by atoms with van der Waals surface area (Å²) in [7, 11) is 0. The van der Waals surface area contributed by atoms with E-state index in [1.54, 1.807) is 0 Å². The predicted molar refractivity (Wildman–Crippen MR) is 159 cm³/mol. The van der Waals surface area contributed by atoms with E-state index in [1.165, 1.54) is 33.0 Å². The summed E-state index contributed by atoms with van der Waals surface area (Å²) in [6.45, 7) is 4.30. The smallest absolute Gasteiger partial charge is 0.101 e. The van der Waals surface area contributed by atoms with Crippen molar-refractivity contribution in [3.8, 4) is 0 Å². The van der Waals surface area contributed by atoms with E-state index in [1.807, 2.05) is 42.5 Å². The molecular weight excluding hydrogens is 464 g/mol. The van der Waals surface area contributed by atoms with Gasteiger partial charge in [-0.1, -0.05) is 104 Å². The minimum absolute atomic E-state index is 0.0605. The largest absolute Gasteiger partial charge is 0.512 e. The van der Waals surface area contributed by atoms with Crippen molar-refractivity contribution in [1.29, 1.82) is 0 Å². The zero-order valence-electron chi connectivity index (χ0n) is 21.9. The Bertz CT molecular complexity index is 1630. The highest BCUT2D eigenvalue weighted by molar-refractivity contribution is 6.04. The first-order valence-electron chi connectivity index (χ1n) is 13.4. The Hall–Kier alpha value is -4.30. The lowest BCUT2D eigenvalue weighted by Gasteiger charge is -2.28. The van der Waals surface area contributed by atoms with Gasteiger partial charge in [0.1, 0.15) is 11.5 Å². The average molecular weight is 497 g/mol. The molecule has 0 fully saturated rings. The highest BCUT2D eigenvalue weighted by atomic mass is 16.3. The molecule has 0 aliphatic heterocycles. The van der Waals surface area contributed by atoms with Crippen molar-refractivity contribution in [3.63, 3.8) is 0 Å². The third kappa shape index (κ3) is 4.26. The second kappa shape index (κ2) is 9.87. The predicted octanol–water partition coefficient (Wildman–Crippen LogP) is 9.64. The third-order valence-electron chi connectivity index (χ3n) is 8.07. The lowest BCUT2D eigenvalue weighted by atomic mass is 9.77. The fraction of sp³-hybridized carbons (Fsp3) is 0.167. The standard InChI is InChI=1S/C36H32O2/c1-23-19-34(37)32(25-11-5-3-6-12-25)21-30(23)28-17-9-15-27-16-10-18-29(36(27)28)31-22-33(35(38)20-24(31)2)26-13-7-4-8-14-26/h3-19,22,24,32,37-38H,20-21H2,1-2H3/t24?,32-/m0/s1. The molecule has 0 radical (unpaired) electrons. The zero-order chi connectivity index (χ0) is 26.2. The molecule has 2 aliphatic rings. The number of rotatable bonds is 4. The number of aliphatic hydroxyl groups is 2. The van der Waals surface area contributed by atoms with E-state index in [0.29, 0.717) is 17.9 Å². The Morgan fingerprint density at radius 1 is 0.684 bits per heavy atom. The molecule has 2 nitrogen and oxygen atoms in total. The first kappa shape index (κ1) is 24.1. The maximum absolute atomic E-state index is 10.9. The van der Waals surface area contributed by atoms with Gasteiger partial charge in [0.2, 0.25) is 0 Å². The van der Waals surface area contributed by atoms with E-state index in [9.17, 15) is 10.2 Å². The average Bonchev–Trinajstić information content (AvgIpc) is 2.94. The van der Waals surface area contributed by atoms with Crippen molar-refractivity contribution in [2.24, 2.45) is 5.92 Å². The summed E-state index contributed by atoms with van der Waals surface area (Å²) in [5, 5.41) is 24.3. The second-order valence-electron chi connectivity index (χ2n) is 10.5. The molecular formula is C36H32O2. The molecule has 0 saturated carbocycles. The summed E-state index contributed by atoms with van der Waals surface area (Å²) >= 11 is 0. The highest BCUT2D eigenvalue weighted by Gasteiger charge is 2.27. The van der Waals surface area contributed by atoms with Crippen LogP contribution in [0.2, 0.25) is 0 Å². The SMILES string of the molecule is CC1=C(c2cccc3cccc(C4=CC(c5ccccc5)=C(O)CC4C)c23)C[C@@H](c2ccccc2)C(O)=C1. The zero-order valence-corrected chi connectivity index (χ0v) is 21.9. The number of hydrogen-bond acceptors (Lipinski definition) is 2. The van der Waals surface area contributed by atoms with E-state index < -0.39 is 0 Å². The molecule has 2 heteroatoms. The lowest BCUT2D eigenvalue weighted by molar-refractivity contribution is 0.365. The molecule has 0 amide bonds. The van der Waals surface area contributed by atoms with Crippen LogP contribution in [0.15, 0.2) is 126 Å². The molecule has 0 heterocycles.